The SMILES string of the molecule is O=[N+]([O-])c1c(CF)ccc(Cl)c1Cl. The van der Waals surface area contributed by atoms with Crippen LogP contribution in [0.25, 0.3) is 0 Å². The Morgan fingerprint density at radius 3 is 2.54 bits per heavy atom. The molecule has 0 N–H and O–H groups in total. The average Bonchev–Trinajstić information content (AvgIpc) is 2.08. The van der Waals surface area contributed by atoms with Crippen LogP contribution < -0.4 is 0 Å². The van der Waals surface area contributed by atoms with Crippen molar-refractivity contribution < 1.29 is 9.31 Å². The van der Waals surface area contributed by atoms with Crippen LogP contribution in [0.15, 0.2) is 12.1 Å². The highest BCUT2D eigenvalue weighted by atomic mass is 35.5. The number of benzene rings is 1. The van der Waals surface area contributed by atoms with Gasteiger partial charge in [0.05, 0.1) is 15.5 Å². The molecular weight excluding hydrogens is 220 g/mol. The second kappa shape index (κ2) is 3.89. The fraction of sp³-hybridized carbons (Fsp3) is 0.143. The summed E-state index contributed by atoms with van der Waals surface area (Å²) in [5.41, 5.74) is -0.531. The molecule has 0 saturated heterocycles. The molecule has 6 heteroatoms. The molecule has 0 fully saturated rings. The van der Waals surface area contributed by atoms with Gasteiger partial charge in [-0.25, -0.2) is 4.39 Å². The first-order valence-corrected chi connectivity index (χ1v) is 4.00. The predicted molar refractivity (Wildman–Crippen MR) is 47.9 cm³/mol. The summed E-state index contributed by atoms with van der Waals surface area (Å²) in [4.78, 5) is 9.70. The van der Waals surface area contributed by atoms with E-state index in [9.17, 15) is 14.5 Å². The molecule has 0 saturated carbocycles. The van der Waals surface area contributed by atoms with Gasteiger partial charge in [-0.2, -0.15) is 0 Å². The molecule has 0 aromatic heterocycles. The lowest BCUT2D eigenvalue weighted by molar-refractivity contribution is -0.385. The lowest BCUT2D eigenvalue weighted by Gasteiger charge is -2.01. The smallest absolute Gasteiger partial charge is 0.258 e. The fourth-order valence-electron chi connectivity index (χ4n) is 0.885. The summed E-state index contributed by atoms with van der Waals surface area (Å²) in [6, 6.07) is 2.57. The Kier molecular flexibility index (Phi) is 3.06. The topological polar surface area (TPSA) is 43.1 Å². The number of alkyl halides is 1. The second-order valence-corrected chi connectivity index (χ2v) is 3.05. The average molecular weight is 224 g/mol. The van der Waals surface area contributed by atoms with Crippen molar-refractivity contribution in [2.45, 2.75) is 6.67 Å². The van der Waals surface area contributed by atoms with Crippen molar-refractivity contribution in [1.29, 1.82) is 0 Å². The first-order valence-electron chi connectivity index (χ1n) is 3.25. The molecular formula is C7H4Cl2FNO2. The molecule has 1 rings (SSSR count). The van der Waals surface area contributed by atoms with Crippen LogP contribution in [0.4, 0.5) is 10.1 Å². The molecule has 0 unspecified atom stereocenters. The maximum absolute atomic E-state index is 12.3. The Bertz CT molecular complexity index is 357. The summed E-state index contributed by atoms with van der Waals surface area (Å²) in [6.07, 6.45) is 0. The van der Waals surface area contributed by atoms with Gasteiger partial charge in [0.1, 0.15) is 11.7 Å². The third-order valence-corrected chi connectivity index (χ3v) is 2.27. The Morgan fingerprint density at radius 1 is 1.46 bits per heavy atom. The predicted octanol–water partition coefficient (Wildman–Crippen LogP) is 3.37. The fourth-order valence-corrected chi connectivity index (χ4v) is 1.29. The van der Waals surface area contributed by atoms with Gasteiger partial charge < -0.3 is 0 Å². The van der Waals surface area contributed by atoms with Crippen LogP contribution in [-0.2, 0) is 6.67 Å². The number of hydrogen-bond acceptors (Lipinski definition) is 2. The summed E-state index contributed by atoms with van der Waals surface area (Å²) in [7, 11) is 0. The van der Waals surface area contributed by atoms with E-state index in [0.29, 0.717) is 0 Å². The molecule has 0 aliphatic heterocycles. The van der Waals surface area contributed by atoms with Crippen LogP contribution in [-0.4, -0.2) is 4.92 Å². The van der Waals surface area contributed by atoms with Gasteiger partial charge in [0.25, 0.3) is 5.69 Å². The lowest BCUT2D eigenvalue weighted by atomic mass is 10.2. The van der Waals surface area contributed by atoms with Crippen LogP contribution in [0.5, 0.6) is 0 Å². The van der Waals surface area contributed by atoms with Gasteiger partial charge in [0.2, 0.25) is 0 Å². The Morgan fingerprint density at radius 2 is 2.08 bits per heavy atom. The first kappa shape index (κ1) is 10.2. The van der Waals surface area contributed by atoms with E-state index in [1.807, 2.05) is 0 Å². The molecule has 0 bridgehead atoms. The van der Waals surface area contributed by atoms with Crippen LogP contribution >= 0.6 is 23.2 Å². The van der Waals surface area contributed by atoms with Gasteiger partial charge in [-0.3, -0.25) is 10.1 Å². The Balaban J connectivity index is 3.41. The molecule has 0 amide bonds. The number of halogens is 3. The monoisotopic (exact) mass is 223 g/mol. The summed E-state index contributed by atoms with van der Waals surface area (Å²) >= 11 is 11.1. The van der Waals surface area contributed by atoms with E-state index in [0.717, 1.165) is 0 Å². The standard InChI is InChI=1S/C7H4Cl2FNO2/c8-5-2-1-4(3-10)7(6(5)9)11(12)13/h1-2H,3H2. The molecule has 0 atom stereocenters. The lowest BCUT2D eigenvalue weighted by Crippen LogP contribution is -1.95. The van der Waals surface area contributed by atoms with E-state index in [-0.39, 0.29) is 15.6 Å². The summed E-state index contributed by atoms with van der Waals surface area (Å²) in [5.74, 6) is 0. The van der Waals surface area contributed by atoms with Crippen LogP contribution in [0, 0.1) is 10.1 Å². The van der Waals surface area contributed by atoms with Crippen molar-refractivity contribution in [3.05, 3.63) is 37.9 Å². The van der Waals surface area contributed by atoms with Gasteiger partial charge in [0.15, 0.2) is 0 Å². The number of nitro groups is 1. The first-order chi connectivity index (χ1) is 6.07. The van der Waals surface area contributed by atoms with E-state index in [1.54, 1.807) is 0 Å². The molecule has 1 aromatic rings. The maximum Gasteiger partial charge on any atom is 0.295 e. The van der Waals surface area contributed by atoms with Gasteiger partial charge in [-0.05, 0) is 12.1 Å². The minimum absolute atomic E-state index is 0.0468. The highest BCUT2D eigenvalue weighted by molar-refractivity contribution is 6.43. The van der Waals surface area contributed by atoms with Crippen LogP contribution in [0.2, 0.25) is 10.0 Å². The largest absolute Gasteiger partial charge is 0.295 e. The number of rotatable bonds is 2. The molecule has 70 valence electrons. The number of hydrogen-bond donors (Lipinski definition) is 0. The van der Waals surface area contributed by atoms with E-state index in [2.05, 4.69) is 0 Å². The zero-order valence-electron chi connectivity index (χ0n) is 6.26. The highest BCUT2D eigenvalue weighted by Gasteiger charge is 2.20. The van der Waals surface area contributed by atoms with E-state index >= 15 is 0 Å². The van der Waals surface area contributed by atoms with E-state index < -0.39 is 17.3 Å². The molecule has 0 aliphatic carbocycles. The molecule has 0 spiro atoms. The second-order valence-electron chi connectivity index (χ2n) is 2.26. The van der Waals surface area contributed by atoms with Gasteiger partial charge >= 0.3 is 0 Å². The van der Waals surface area contributed by atoms with Gasteiger partial charge in [-0.1, -0.05) is 23.2 Å². The quantitative estimate of drug-likeness (QED) is 0.570. The van der Waals surface area contributed by atoms with Crippen molar-refractivity contribution >= 4 is 28.9 Å². The van der Waals surface area contributed by atoms with Crippen LogP contribution in [0.1, 0.15) is 5.56 Å². The minimum Gasteiger partial charge on any atom is -0.258 e. The van der Waals surface area contributed by atoms with Crippen molar-refractivity contribution in [3.8, 4) is 0 Å². The van der Waals surface area contributed by atoms with Gasteiger partial charge in [-0.15, -0.1) is 0 Å². The van der Waals surface area contributed by atoms with Gasteiger partial charge in [0, 0.05) is 0 Å². The Labute approximate surface area is 83.2 Å². The zero-order chi connectivity index (χ0) is 10.0. The number of nitrogens with zero attached hydrogens (tertiary/aromatic N) is 1. The van der Waals surface area contributed by atoms with Crippen molar-refractivity contribution in [1.82, 2.24) is 0 Å². The summed E-state index contributed by atoms with van der Waals surface area (Å²) in [6.45, 7) is -0.937. The van der Waals surface area contributed by atoms with E-state index in [4.69, 9.17) is 23.2 Å². The third-order valence-electron chi connectivity index (χ3n) is 1.48. The highest BCUT2D eigenvalue weighted by Crippen LogP contribution is 2.34. The number of nitro benzene ring substituents is 1. The third kappa shape index (κ3) is 1.89. The van der Waals surface area contributed by atoms with Crippen LogP contribution in [0.3, 0.4) is 0 Å². The molecule has 13 heavy (non-hydrogen) atoms. The zero-order valence-corrected chi connectivity index (χ0v) is 7.77. The summed E-state index contributed by atoms with van der Waals surface area (Å²) in [5, 5.41) is 10.3. The van der Waals surface area contributed by atoms with E-state index in [1.165, 1.54) is 12.1 Å². The molecule has 0 radical (unpaired) electrons. The summed E-state index contributed by atoms with van der Waals surface area (Å²) < 4.78 is 12.3. The molecule has 0 aliphatic rings. The maximum atomic E-state index is 12.3. The molecule has 0 heterocycles. The van der Waals surface area contributed by atoms with Crippen molar-refractivity contribution in [3.63, 3.8) is 0 Å². The van der Waals surface area contributed by atoms with Crippen molar-refractivity contribution in [2.75, 3.05) is 0 Å². The molecule has 3 nitrogen and oxygen atoms in total. The minimum atomic E-state index is -0.937. The Hall–Kier alpha value is -0.870. The van der Waals surface area contributed by atoms with Crippen molar-refractivity contribution in [2.24, 2.45) is 0 Å². The molecule has 1 aromatic carbocycles. The normalized spacial score (nSPS) is 10.1.